The maximum absolute atomic E-state index is 12.4. The predicted molar refractivity (Wildman–Crippen MR) is 87.8 cm³/mol. The van der Waals surface area contributed by atoms with Crippen LogP contribution in [0.5, 0.6) is 0 Å². The van der Waals surface area contributed by atoms with E-state index in [1.54, 1.807) is 0 Å². The van der Waals surface area contributed by atoms with E-state index in [1.807, 2.05) is 0 Å². The van der Waals surface area contributed by atoms with E-state index < -0.39 is 0 Å². The number of nitrogens with zero attached hydrogens (tertiary/aromatic N) is 2. The Morgan fingerprint density at radius 3 is 2.41 bits per heavy atom. The van der Waals surface area contributed by atoms with E-state index in [9.17, 15) is 4.79 Å². The molecular formula is C18H32N2O2. The molecule has 1 aliphatic carbocycles. The summed E-state index contributed by atoms with van der Waals surface area (Å²) in [5, 5.41) is 0. The van der Waals surface area contributed by atoms with Crippen molar-refractivity contribution in [3.8, 4) is 0 Å². The lowest BCUT2D eigenvalue weighted by Crippen LogP contribution is -2.55. The van der Waals surface area contributed by atoms with Crippen LogP contribution in [0.4, 0.5) is 0 Å². The highest BCUT2D eigenvalue weighted by Gasteiger charge is 2.43. The maximum Gasteiger partial charge on any atom is 0.225 e. The SMILES string of the molecule is CCN(CC)C1CCOC2(CCN(C(=O)C3CCC3)CC2)C1. The molecule has 2 aliphatic heterocycles. The highest BCUT2D eigenvalue weighted by Crippen LogP contribution is 2.38. The lowest BCUT2D eigenvalue weighted by molar-refractivity contribution is -0.153. The van der Waals surface area contributed by atoms with Crippen LogP contribution in [0, 0.1) is 5.92 Å². The molecule has 126 valence electrons. The lowest BCUT2D eigenvalue weighted by Gasteiger charge is -2.49. The van der Waals surface area contributed by atoms with Gasteiger partial charge in [-0.1, -0.05) is 20.3 Å². The number of likely N-dealkylation sites (tertiary alicyclic amines) is 1. The molecule has 22 heavy (non-hydrogen) atoms. The van der Waals surface area contributed by atoms with E-state index in [1.165, 1.54) is 6.42 Å². The third-order valence-electron chi connectivity index (χ3n) is 6.24. The van der Waals surface area contributed by atoms with E-state index in [0.29, 0.717) is 17.9 Å². The maximum atomic E-state index is 12.4. The zero-order valence-electron chi connectivity index (χ0n) is 14.4. The first-order chi connectivity index (χ1) is 10.7. The molecule has 0 radical (unpaired) electrons. The molecule has 1 amide bonds. The Morgan fingerprint density at radius 1 is 1.18 bits per heavy atom. The number of rotatable bonds is 4. The molecule has 1 unspecified atom stereocenters. The summed E-state index contributed by atoms with van der Waals surface area (Å²) in [5.41, 5.74) is 0.0436. The Kier molecular flexibility index (Phi) is 5.08. The van der Waals surface area contributed by atoms with Gasteiger partial charge in [-0.3, -0.25) is 4.79 Å². The number of carbonyl (C=O) groups excluding carboxylic acids is 1. The summed E-state index contributed by atoms with van der Waals surface area (Å²) < 4.78 is 6.24. The van der Waals surface area contributed by atoms with E-state index in [2.05, 4.69) is 23.6 Å². The summed E-state index contributed by atoms with van der Waals surface area (Å²) >= 11 is 0. The van der Waals surface area contributed by atoms with Crippen molar-refractivity contribution in [3.05, 3.63) is 0 Å². The average Bonchev–Trinajstić information content (AvgIpc) is 2.48. The highest BCUT2D eigenvalue weighted by molar-refractivity contribution is 5.79. The van der Waals surface area contributed by atoms with Crippen LogP contribution in [-0.2, 0) is 9.53 Å². The molecule has 1 saturated carbocycles. The third-order valence-corrected chi connectivity index (χ3v) is 6.24. The van der Waals surface area contributed by atoms with Gasteiger partial charge in [-0.05, 0) is 51.6 Å². The van der Waals surface area contributed by atoms with Crippen LogP contribution in [0.2, 0.25) is 0 Å². The van der Waals surface area contributed by atoms with Gasteiger partial charge in [0.05, 0.1) is 5.60 Å². The van der Waals surface area contributed by atoms with Gasteiger partial charge in [-0.2, -0.15) is 0 Å². The first-order valence-corrected chi connectivity index (χ1v) is 9.34. The van der Waals surface area contributed by atoms with Gasteiger partial charge in [0, 0.05) is 31.7 Å². The van der Waals surface area contributed by atoms with Crippen molar-refractivity contribution < 1.29 is 9.53 Å². The normalized spacial score (nSPS) is 28.9. The Morgan fingerprint density at radius 2 is 1.86 bits per heavy atom. The van der Waals surface area contributed by atoms with E-state index in [4.69, 9.17) is 4.74 Å². The second-order valence-corrected chi connectivity index (χ2v) is 7.35. The molecule has 4 heteroatoms. The number of hydrogen-bond acceptors (Lipinski definition) is 3. The van der Waals surface area contributed by atoms with Crippen LogP contribution < -0.4 is 0 Å². The Balaban J connectivity index is 1.55. The van der Waals surface area contributed by atoms with Crippen molar-refractivity contribution in [2.45, 2.75) is 70.4 Å². The van der Waals surface area contributed by atoms with Gasteiger partial charge < -0.3 is 14.5 Å². The summed E-state index contributed by atoms with van der Waals surface area (Å²) in [7, 11) is 0. The minimum absolute atomic E-state index is 0.0436. The minimum Gasteiger partial charge on any atom is -0.375 e. The van der Waals surface area contributed by atoms with Crippen LogP contribution in [0.15, 0.2) is 0 Å². The highest BCUT2D eigenvalue weighted by atomic mass is 16.5. The lowest BCUT2D eigenvalue weighted by atomic mass is 9.80. The molecule has 3 rings (SSSR count). The van der Waals surface area contributed by atoms with Crippen LogP contribution in [0.1, 0.15) is 58.8 Å². The number of carbonyl (C=O) groups is 1. The summed E-state index contributed by atoms with van der Waals surface area (Å²) in [5.74, 6) is 0.752. The van der Waals surface area contributed by atoms with E-state index in [-0.39, 0.29) is 5.60 Å². The molecule has 3 aliphatic rings. The Labute approximate surface area is 135 Å². The van der Waals surface area contributed by atoms with Crippen molar-refractivity contribution >= 4 is 5.91 Å². The zero-order chi connectivity index (χ0) is 15.6. The minimum atomic E-state index is 0.0436. The van der Waals surface area contributed by atoms with Crippen LogP contribution in [0.25, 0.3) is 0 Å². The topological polar surface area (TPSA) is 32.8 Å². The second-order valence-electron chi connectivity index (χ2n) is 7.35. The molecular weight excluding hydrogens is 276 g/mol. The summed E-state index contributed by atoms with van der Waals surface area (Å²) in [6, 6.07) is 0.664. The van der Waals surface area contributed by atoms with E-state index in [0.717, 1.165) is 71.3 Å². The third kappa shape index (κ3) is 3.18. The van der Waals surface area contributed by atoms with Gasteiger partial charge in [-0.15, -0.1) is 0 Å². The molecule has 3 fully saturated rings. The molecule has 1 atom stereocenters. The molecule has 0 bridgehead atoms. The fourth-order valence-corrected chi connectivity index (χ4v) is 4.45. The van der Waals surface area contributed by atoms with Gasteiger partial charge >= 0.3 is 0 Å². The van der Waals surface area contributed by atoms with Crippen LogP contribution in [-0.4, -0.2) is 60.1 Å². The number of ether oxygens (including phenoxy) is 1. The zero-order valence-corrected chi connectivity index (χ0v) is 14.4. The first kappa shape index (κ1) is 16.3. The summed E-state index contributed by atoms with van der Waals surface area (Å²) in [4.78, 5) is 17.1. The largest absolute Gasteiger partial charge is 0.375 e. The predicted octanol–water partition coefficient (Wildman–Crippen LogP) is 2.67. The van der Waals surface area contributed by atoms with Crippen molar-refractivity contribution in [2.75, 3.05) is 32.8 Å². The quantitative estimate of drug-likeness (QED) is 0.800. The first-order valence-electron chi connectivity index (χ1n) is 9.34. The molecule has 0 aromatic heterocycles. The number of piperidine rings is 1. The molecule has 2 heterocycles. The summed E-state index contributed by atoms with van der Waals surface area (Å²) in [6.07, 6.45) is 7.84. The van der Waals surface area contributed by atoms with Gasteiger partial charge in [0.2, 0.25) is 5.91 Å². The Hall–Kier alpha value is -0.610. The average molecular weight is 308 g/mol. The molecule has 4 nitrogen and oxygen atoms in total. The molecule has 0 aromatic rings. The number of amides is 1. The van der Waals surface area contributed by atoms with Crippen molar-refractivity contribution in [1.29, 1.82) is 0 Å². The smallest absolute Gasteiger partial charge is 0.225 e. The molecule has 0 aromatic carbocycles. The molecule has 1 spiro atoms. The molecule has 2 saturated heterocycles. The van der Waals surface area contributed by atoms with Gasteiger partial charge in [0.1, 0.15) is 0 Å². The fraction of sp³-hybridized carbons (Fsp3) is 0.944. The monoisotopic (exact) mass is 308 g/mol. The molecule has 0 N–H and O–H groups in total. The van der Waals surface area contributed by atoms with Crippen LogP contribution in [0.3, 0.4) is 0 Å². The van der Waals surface area contributed by atoms with Gasteiger partial charge in [-0.25, -0.2) is 0 Å². The van der Waals surface area contributed by atoms with Gasteiger partial charge in [0.15, 0.2) is 0 Å². The fourth-order valence-electron chi connectivity index (χ4n) is 4.45. The Bertz CT molecular complexity index is 383. The second kappa shape index (κ2) is 6.88. The van der Waals surface area contributed by atoms with Crippen molar-refractivity contribution in [3.63, 3.8) is 0 Å². The van der Waals surface area contributed by atoms with Gasteiger partial charge in [0.25, 0.3) is 0 Å². The number of hydrogen-bond donors (Lipinski definition) is 0. The van der Waals surface area contributed by atoms with Crippen molar-refractivity contribution in [1.82, 2.24) is 9.80 Å². The standard InChI is InChI=1S/C18H32N2O2/c1-3-19(4-2)16-8-13-22-18(14-16)9-11-20(12-10-18)17(21)15-6-5-7-15/h15-16H,3-14H2,1-2H3. The van der Waals surface area contributed by atoms with Crippen molar-refractivity contribution in [2.24, 2.45) is 5.92 Å². The summed E-state index contributed by atoms with van der Waals surface area (Å²) in [6.45, 7) is 9.46. The van der Waals surface area contributed by atoms with Crippen LogP contribution >= 0.6 is 0 Å². The van der Waals surface area contributed by atoms with E-state index >= 15 is 0 Å².